The SMILES string of the molecule is O=C(O)c1cc(C2CC2)c2c(OC(F)F)c(-c3ccc4c(c3)CN(C(c3ccccc3)(c3ccccc3)c3ccccc3)C4)ccn2c1=O. The number of alkyl halides is 2. The highest BCUT2D eigenvalue weighted by atomic mass is 19.3. The van der Waals surface area contributed by atoms with Crippen LogP contribution in [0, 0.1) is 0 Å². The summed E-state index contributed by atoms with van der Waals surface area (Å²) >= 11 is 0. The highest BCUT2D eigenvalue weighted by Crippen LogP contribution is 2.49. The Bertz CT molecular complexity index is 2160. The first kappa shape index (κ1) is 30.7. The van der Waals surface area contributed by atoms with E-state index in [0.29, 0.717) is 29.8 Å². The first-order valence-electron chi connectivity index (χ1n) is 16.3. The van der Waals surface area contributed by atoms with Gasteiger partial charge in [-0.15, -0.1) is 0 Å². The summed E-state index contributed by atoms with van der Waals surface area (Å²) in [4.78, 5) is 27.6. The van der Waals surface area contributed by atoms with Crippen molar-refractivity contribution >= 4 is 11.5 Å². The number of hydrogen-bond donors (Lipinski definition) is 1. The van der Waals surface area contributed by atoms with Crippen LogP contribution >= 0.6 is 0 Å². The normalized spacial score (nSPS) is 14.7. The zero-order valence-electron chi connectivity index (χ0n) is 26.4. The molecule has 1 N–H and O–H groups in total. The Hall–Kier alpha value is -5.60. The number of benzene rings is 4. The minimum atomic E-state index is -3.15. The average molecular weight is 655 g/mol. The molecule has 2 aliphatic rings. The van der Waals surface area contributed by atoms with E-state index in [-0.39, 0.29) is 17.2 Å². The number of pyridine rings is 2. The maximum Gasteiger partial charge on any atom is 0.387 e. The van der Waals surface area contributed by atoms with E-state index in [1.165, 1.54) is 12.3 Å². The van der Waals surface area contributed by atoms with Gasteiger partial charge in [-0.3, -0.25) is 14.1 Å². The molecule has 4 aromatic carbocycles. The van der Waals surface area contributed by atoms with Crippen LogP contribution in [-0.4, -0.2) is 27.0 Å². The molecule has 8 rings (SSSR count). The van der Waals surface area contributed by atoms with E-state index >= 15 is 0 Å². The molecule has 2 aromatic heterocycles. The number of ether oxygens (including phenoxy) is 1. The number of rotatable bonds is 9. The van der Waals surface area contributed by atoms with E-state index in [1.807, 2.05) is 36.4 Å². The van der Waals surface area contributed by atoms with Crippen molar-refractivity contribution in [1.29, 1.82) is 0 Å². The Balaban J connectivity index is 1.28. The highest BCUT2D eigenvalue weighted by molar-refractivity contribution is 5.90. The van der Waals surface area contributed by atoms with Crippen LogP contribution in [0.4, 0.5) is 8.78 Å². The predicted molar refractivity (Wildman–Crippen MR) is 183 cm³/mol. The third-order valence-corrected chi connectivity index (χ3v) is 9.86. The van der Waals surface area contributed by atoms with Crippen LogP contribution in [0.1, 0.15) is 62.5 Å². The largest absolute Gasteiger partial charge is 0.477 e. The fraction of sp³-hybridized carbons (Fsp3) is 0.171. The second kappa shape index (κ2) is 12.1. The third kappa shape index (κ3) is 5.20. The summed E-state index contributed by atoms with van der Waals surface area (Å²) < 4.78 is 34.5. The zero-order chi connectivity index (χ0) is 33.7. The van der Waals surface area contributed by atoms with E-state index in [0.717, 1.165) is 45.1 Å². The maximum absolute atomic E-state index is 14.1. The molecule has 0 spiro atoms. The Labute approximate surface area is 281 Å². The van der Waals surface area contributed by atoms with Crippen molar-refractivity contribution in [2.45, 2.75) is 44.0 Å². The van der Waals surface area contributed by atoms with E-state index in [2.05, 4.69) is 77.7 Å². The van der Waals surface area contributed by atoms with Crippen LogP contribution in [0.3, 0.4) is 0 Å². The van der Waals surface area contributed by atoms with Gasteiger partial charge in [0.2, 0.25) is 0 Å². The number of carboxylic acid groups (broad SMARTS) is 1. The second-order valence-corrected chi connectivity index (χ2v) is 12.7. The fourth-order valence-corrected chi connectivity index (χ4v) is 7.57. The lowest BCUT2D eigenvalue weighted by atomic mass is 9.75. The van der Waals surface area contributed by atoms with Gasteiger partial charge in [0, 0.05) is 24.8 Å². The Morgan fingerprint density at radius 2 is 1.35 bits per heavy atom. The molecular weight excluding hydrogens is 622 g/mol. The van der Waals surface area contributed by atoms with E-state index in [4.69, 9.17) is 4.74 Å². The molecule has 0 bridgehead atoms. The first-order chi connectivity index (χ1) is 23.9. The van der Waals surface area contributed by atoms with Gasteiger partial charge in [-0.2, -0.15) is 8.78 Å². The third-order valence-electron chi connectivity index (χ3n) is 9.86. The first-order valence-corrected chi connectivity index (χ1v) is 16.3. The number of aromatic nitrogens is 1. The molecule has 1 aliphatic carbocycles. The zero-order valence-corrected chi connectivity index (χ0v) is 26.4. The summed E-state index contributed by atoms with van der Waals surface area (Å²) in [6.07, 6.45) is 3.01. The van der Waals surface area contributed by atoms with Gasteiger partial charge in [0.15, 0.2) is 5.75 Å². The van der Waals surface area contributed by atoms with Gasteiger partial charge in [-0.1, -0.05) is 103 Å². The predicted octanol–water partition coefficient (Wildman–Crippen LogP) is 8.45. The molecule has 1 fully saturated rings. The molecule has 0 saturated heterocycles. The molecule has 0 unspecified atom stereocenters. The molecular formula is C41H32F2N2O4. The van der Waals surface area contributed by atoms with Crippen LogP contribution in [0.5, 0.6) is 5.75 Å². The van der Waals surface area contributed by atoms with Gasteiger partial charge < -0.3 is 9.84 Å². The van der Waals surface area contributed by atoms with Crippen molar-refractivity contribution in [2.24, 2.45) is 0 Å². The molecule has 1 saturated carbocycles. The number of hydrogen-bond acceptors (Lipinski definition) is 4. The summed E-state index contributed by atoms with van der Waals surface area (Å²) in [6, 6.07) is 40.2. The minimum Gasteiger partial charge on any atom is -0.477 e. The number of fused-ring (bicyclic) bond motifs is 2. The molecule has 6 nitrogen and oxygen atoms in total. The monoisotopic (exact) mass is 654 g/mol. The summed E-state index contributed by atoms with van der Waals surface area (Å²) in [5.41, 5.74) is 5.53. The Morgan fingerprint density at radius 1 is 0.776 bits per heavy atom. The van der Waals surface area contributed by atoms with Crippen LogP contribution in [0.2, 0.25) is 0 Å². The number of nitrogens with zero attached hydrogens (tertiary/aromatic N) is 2. The quantitative estimate of drug-likeness (QED) is 0.159. The number of aromatic carboxylic acids is 1. The molecule has 0 amide bonds. The lowest BCUT2D eigenvalue weighted by Gasteiger charge is -2.43. The van der Waals surface area contributed by atoms with Gasteiger partial charge >= 0.3 is 12.6 Å². The molecule has 244 valence electrons. The van der Waals surface area contributed by atoms with Crippen LogP contribution < -0.4 is 10.3 Å². The van der Waals surface area contributed by atoms with Crippen molar-refractivity contribution in [3.63, 3.8) is 0 Å². The summed E-state index contributed by atoms with van der Waals surface area (Å²) in [5.74, 6) is -1.53. The molecule has 1 aliphatic heterocycles. The molecule has 0 radical (unpaired) electrons. The van der Waals surface area contributed by atoms with E-state index in [9.17, 15) is 23.5 Å². The molecule has 0 atom stereocenters. The van der Waals surface area contributed by atoms with Gasteiger partial charge in [-0.05, 0) is 75.9 Å². The number of carboxylic acids is 1. The highest BCUT2D eigenvalue weighted by Gasteiger charge is 2.44. The molecule has 6 aromatic rings. The molecule has 3 heterocycles. The van der Waals surface area contributed by atoms with E-state index in [1.54, 1.807) is 6.07 Å². The summed E-state index contributed by atoms with van der Waals surface area (Å²) in [5, 5.41) is 9.72. The second-order valence-electron chi connectivity index (χ2n) is 12.7. The summed E-state index contributed by atoms with van der Waals surface area (Å²) in [7, 11) is 0. The number of halogens is 2. The van der Waals surface area contributed by atoms with Gasteiger partial charge in [0.25, 0.3) is 5.56 Å². The topological polar surface area (TPSA) is 71.2 Å². The van der Waals surface area contributed by atoms with Crippen LogP contribution in [0.15, 0.2) is 132 Å². The smallest absolute Gasteiger partial charge is 0.387 e. The van der Waals surface area contributed by atoms with E-state index < -0.39 is 29.2 Å². The van der Waals surface area contributed by atoms with Crippen molar-refractivity contribution in [3.05, 3.63) is 177 Å². The molecule has 49 heavy (non-hydrogen) atoms. The average Bonchev–Trinajstić information content (AvgIpc) is 3.88. The molecule has 8 heteroatoms. The Morgan fingerprint density at radius 3 is 1.88 bits per heavy atom. The standard InChI is InChI=1S/C41H32F2N2O4/c42-40(43)49-37-33(20-21-45-36(37)34(26-16-17-26)23-35(38(45)46)39(47)48)27-18-19-28-24-44(25-29(28)22-27)41(30-10-4-1-5-11-30,31-12-6-2-7-13-31)32-14-8-3-9-15-32/h1-15,18-23,26,40H,16-17,24-25H2,(H,47,48). The fourth-order valence-electron chi connectivity index (χ4n) is 7.57. The lowest BCUT2D eigenvalue weighted by Crippen LogP contribution is -2.45. The number of carbonyl (C=O) groups is 1. The van der Waals surface area contributed by atoms with Gasteiger partial charge in [-0.25, -0.2) is 4.79 Å². The van der Waals surface area contributed by atoms with Crippen molar-refractivity contribution in [3.8, 4) is 16.9 Å². The van der Waals surface area contributed by atoms with Crippen molar-refractivity contribution in [1.82, 2.24) is 9.30 Å². The maximum atomic E-state index is 14.1. The minimum absolute atomic E-state index is 0.0420. The summed E-state index contributed by atoms with van der Waals surface area (Å²) in [6.45, 7) is -1.93. The van der Waals surface area contributed by atoms with Crippen molar-refractivity contribution in [2.75, 3.05) is 0 Å². The van der Waals surface area contributed by atoms with Crippen LogP contribution in [0.25, 0.3) is 16.6 Å². The van der Waals surface area contributed by atoms with Crippen LogP contribution in [-0.2, 0) is 18.6 Å². The van der Waals surface area contributed by atoms with Crippen molar-refractivity contribution < 1.29 is 23.4 Å². The van der Waals surface area contributed by atoms with Gasteiger partial charge in [0.1, 0.15) is 5.56 Å². The van der Waals surface area contributed by atoms with Gasteiger partial charge in [0.05, 0.1) is 11.1 Å². The Kier molecular flexibility index (Phi) is 7.60. The lowest BCUT2D eigenvalue weighted by molar-refractivity contribution is -0.0487.